The summed E-state index contributed by atoms with van der Waals surface area (Å²) in [6.07, 6.45) is 3.08. The van der Waals surface area contributed by atoms with Crippen LogP contribution in [0.3, 0.4) is 0 Å². The summed E-state index contributed by atoms with van der Waals surface area (Å²) in [5.74, 6) is 0. The third kappa shape index (κ3) is 3.93. The number of aliphatic hydroxyl groups excluding tert-OH is 1. The predicted octanol–water partition coefficient (Wildman–Crippen LogP) is 1.61. The number of aromatic nitrogens is 2. The summed E-state index contributed by atoms with van der Waals surface area (Å²) >= 11 is 3.45. The van der Waals surface area contributed by atoms with Gasteiger partial charge in [-0.25, -0.2) is 0 Å². The van der Waals surface area contributed by atoms with E-state index in [-0.39, 0.29) is 6.10 Å². The van der Waals surface area contributed by atoms with E-state index in [2.05, 4.69) is 21.0 Å². The van der Waals surface area contributed by atoms with Gasteiger partial charge in [0.05, 0.1) is 35.6 Å². The van der Waals surface area contributed by atoms with Gasteiger partial charge < -0.3 is 9.84 Å². The smallest absolute Gasteiger partial charge is 0.0658 e. The van der Waals surface area contributed by atoms with E-state index in [1.807, 2.05) is 4.68 Å². The van der Waals surface area contributed by atoms with Crippen LogP contribution >= 0.6 is 15.9 Å². The average molecular weight is 277 g/mol. The van der Waals surface area contributed by atoms with Gasteiger partial charge >= 0.3 is 0 Å². The van der Waals surface area contributed by atoms with Crippen molar-refractivity contribution in [2.75, 3.05) is 13.7 Å². The summed E-state index contributed by atoms with van der Waals surface area (Å²) in [7, 11) is 1.67. The van der Waals surface area contributed by atoms with Crippen LogP contribution in [-0.4, -0.2) is 34.7 Å². The molecular formula is C10H17BrN2O2. The molecule has 0 spiro atoms. The lowest BCUT2D eigenvalue weighted by atomic mass is 10.2. The lowest BCUT2D eigenvalue weighted by molar-refractivity contribution is 0.177. The van der Waals surface area contributed by atoms with Gasteiger partial charge in [0.1, 0.15) is 0 Å². The number of methoxy groups -OCH3 is 1. The van der Waals surface area contributed by atoms with Crippen molar-refractivity contribution in [3.63, 3.8) is 0 Å². The standard InChI is InChI=1S/C10H17BrN2O2/c1-8(14)3-4-10-9(11)7-12-13(10)5-6-15-2/h7-8,14H,3-6H2,1-2H3. The molecule has 1 aromatic rings. The summed E-state index contributed by atoms with van der Waals surface area (Å²) in [6.45, 7) is 3.19. The van der Waals surface area contributed by atoms with Crippen molar-refractivity contribution in [3.05, 3.63) is 16.4 Å². The SMILES string of the molecule is COCCn1ncc(Br)c1CCC(C)O. The molecule has 0 aromatic carbocycles. The Kier molecular flexibility index (Phi) is 5.28. The first-order valence-corrected chi connectivity index (χ1v) is 5.81. The highest BCUT2D eigenvalue weighted by Crippen LogP contribution is 2.18. The van der Waals surface area contributed by atoms with E-state index in [0.717, 1.165) is 29.6 Å². The molecule has 15 heavy (non-hydrogen) atoms. The summed E-state index contributed by atoms with van der Waals surface area (Å²) in [4.78, 5) is 0. The second-order valence-electron chi connectivity index (χ2n) is 3.54. The maximum atomic E-state index is 9.24. The molecule has 0 aliphatic carbocycles. The van der Waals surface area contributed by atoms with Gasteiger partial charge in [0.15, 0.2) is 0 Å². The maximum absolute atomic E-state index is 9.24. The first-order chi connectivity index (χ1) is 7.15. The Balaban J connectivity index is 2.62. The quantitative estimate of drug-likeness (QED) is 0.859. The third-order valence-corrected chi connectivity index (χ3v) is 2.87. The molecule has 1 N–H and O–H groups in total. The second kappa shape index (κ2) is 6.25. The molecule has 0 saturated carbocycles. The fourth-order valence-electron chi connectivity index (χ4n) is 1.35. The minimum atomic E-state index is -0.275. The Morgan fingerprint density at radius 3 is 3.00 bits per heavy atom. The molecule has 1 rings (SSSR count). The van der Waals surface area contributed by atoms with Crippen molar-refractivity contribution in [1.29, 1.82) is 0 Å². The molecule has 1 unspecified atom stereocenters. The highest BCUT2D eigenvalue weighted by molar-refractivity contribution is 9.10. The Bertz CT molecular complexity index is 300. The van der Waals surface area contributed by atoms with Gasteiger partial charge in [0, 0.05) is 7.11 Å². The number of nitrogens with zero attached hydrogens (tertiary/aromatic N) is 2. The highest BCUT2D eigenvalue weighted by atomic mass is 79.9. The van der Waals surface area contributed by atoms with Gasteiger partial charge in [-0.3, -0.25) is 4.68 Å². The molecule has 0 radical (unpaired) electrons. The van der Waals surface area contributed by atoms with Crippen molar-refractivity contribution in [3.8, 4) is 0 Å². The Morgan fingerprint density at radius 1 is 1.67 bits per heavy atom. The topological polar surface area (TPSA) is 47.3 Å². The number of halogens is 1. The van der Waals surface area contributed by atoms with Gasteiger partial charge in [-0.05, 0) is 35.7 Å². The predicted molar refractivity (Wildman–Crippen MR) is 61.8 cm³/mol. The van der Waals surface area contributed by atoms with Crippen LogP contribution in [0.25, 0.3) is 0 Å². The monoisotopic (exact) mass is 276 g/mol. The molecule has 5 heteroatoms. The number of hydrogen-bond acceptors (Lipinski definition) is 3. The highest BCUT2D eigenvalue weighted by Gasteiger charge is 2.09. The lowest BCUT2D eigenvalue weighted by Gasteiger charge is -2.08. The van der Waals surface area contributed by atoms with E-state index in [1.165, 1.54) is 0 Å². The Morgan fingerprint density at radius 2 is 2.40 bits per heavy atom. The Hall–Kier alpha value is -0.390. The minimum Gasteiger partial charge on any atom is -0.393 e. The largest absolute Gasteiger partial charge is 0.393 e. The summed E-state index contributed by atoms with van der Waals surface area (Å²) in [6, 6.07) is 0. The maximum Gasteiger partial charge on any atom is 0.0658 e. The van der Waals surface area contributed by atoms with Crippen LogP contribution in [0.5, 0.6) is 0 Å². The molecule has 0 aliphatic rings. The zero-order valence-corrected chi connectivity index (χ0v) is 10.7. The van der Waals surface area contributed by atoms with Crippen LogP contribution in [0.1, 0.15) is 19.0 Å². The van der Waals surface area contributed by atoms with E-state index in [1.54, 1.807) is 20.2 Å². The molecular weight excluding hydrogens is 260 g/mol. The van der Waals surface area contributed by atoms with Crippen LogP contribution in [0.15, 0.2) is 10.7 Å². The Labute approximate surface area is 98.4 Å². The van der Waals surface area contributed by atoms with Gasteiger partial charge in [-0.1, -0.05) is 0 Å². The molecule has 1 aromatic heterocycles. The van der Waals surface area contributed by atoms with Crippen molar-refractivity contribution >= 4 is 15.9 Å². The van der Waals surface area contributed by atoms with E-state index in [9.17, 15) is 5.11 Å². The van der Waals surface area contributed by atoms with Crippen molar-refractivity contribution < 1.29 is 9.84 Å². The van der Waals surface area contributed by atoms with E-state index >= 15 is 0 Å². The fourth-order valence-corrected chi connectivity index (χ4v) is 1.85. The molecule has 1 heterocycles. The molecule has 0 bridgehead atoms. The number of hydrogen-bond donors (Lipinski definition) is 1. The van der Waals surface area contributed by atoms with Crippen molar-refractivity contribution in [2.45, 2.75) is 32.4 Å². The number of ether oxygens (including phenoxy) is 1. The van der Waals surface area contributed by atoms with E-state index in [4.69, 9.17) is 4.74 Å². The van der Waals surface area contributed by atoms with Gasteiger partial charge in [-0.15, -0.1) is 0 Å². The van der Waals surface area contributed by atoms with E-state index in [0.29, 0.717) is 6.61 Å². The zero-order chi connectivity index (χ0) is 11.3. The van der Waals surface area contributed by atoms with Crippen LogP contribution in [0.4, 0.5) is 0 Å². The zero-order valence-electron chi connectivity index (χ0n) is 9.11. The van der Waals surface area contributed by atoms with Crippen LogP contribution in [0.2, 0.25) is 0 Å². The number of aliphatic hydroxyl groups is 1. The normalized spacial score (nSPS) is 13.1. The second-order valence-corrected chi connectivity index (χ2v) is 4.40. The van der Waals surface area contributed by atoms with E-state index < -0.39 is 0 Å². The summed E-state index contributed by atoms with van der Waals surface area (Å²) < 4.78 is 7.92. The fraction of sp³-hybridized carbons (Fsp3) is 0.700. The van der Waals surface area contributed by atoms with Gasteiger partial charge in [-0.2, -0.15) is 5.10 Å². The van der Waals surface area contributed by atoms with Crippen LogP contribution in [0, 0.1) is 0 Å². The van der Waals surface area contributed by atoms with Crippen LogP contribution in [-0.2, 0) is 17.7 Å². The molecule has 4 nitrogen and oxygen atoms in total. The molecule has 0 fully saturated rings. The molecule has 1 atom stereocenters. The molecule has 0 amide bonds. The first-order valence-electron chi connectivity index (χ1n) is 5.02. The first kappa shape index (κ1) is 12.7. The van der Waals surface area contributed by atoms with Gasteiger partial charge in [0.2, 0.25) is 0 Å². The lowest BCUT2D eigenvalue weighted by Crippen LogP contribution is -2.11. The van der Waals surface area contributed by atoms with Crippen molar-refractivity contribution in [2.24, 2.45) is 0 Å². The molecule has 86 valence electrons. The minimum absolute atomic E-state index is 0.275. The number of rotatable bonds is 6. The summed E-state index contributed by atoms with van der Waals surface area (Å²) in [5, 5.41) is 13.5. The average Bonchev–Trinajstić information content (AvgIpc) is 2.53. The third-order valence-electron chi connectivity index (χ3n) is 2.20. The van der Waals surface area contributed by atoms with Crippen molar-refractivity contribution in [1.82, 2.24) is 9.78 Å². The summed E-state index contributed by atoms with van der Waals surface area (Å²) in [5.41, 5.74) is 1.12. The molecule has 0 aliphatic heterocycles. The molecule has 0 saturated heterocycles. The van der Waals surface area contributed by atoms with Crippen LogP contribution < -0.4 is 0 Å². The van der Waals surface area contributed by atoms with Gasteiger partial charge in [0.25, 0.3) is 0 Å².